The average molecular weight is 379 g/mol. The lowest BCUT2D eigenvalue weighted by molar-refractivity contribution is 0.0955. The largest absolute Gasteiger partial charge is 0.497 e. The number of nitrogens with one attached hydrogen (secondary N) is 2. The van der Waals surface area contributed by atoms with Gasteiger partial charge in [-0.3, -0.25) is 9.59 Å². The maximum Gasteiger partial charge on any atom is 0.260 e. The van der Waals surface area contributed by atoms with Crippen LogP contribution < -0.4 is 20.1 Å². The predicted octanol–water partition coefficient (Wildman–Crippen LogP) is 3.25. The van der Waals surface area contributed by atoms with Gasteiger partial charge in [0.25, 0.3) is 11.8 Å². The third-order valence-corrected chi connectivity index (χ3v) is 4.19. The molecule has 0 saturated carbocycles. The molecule has 7 nitrogen and oxygen atoms in total. The van der Waals surface area contributed by atoms with Crippen LogP contribution in [0.4, 0.5) is 5.82 Å². The molecule has 144 valence electrons. The van der Waals surface area contributed by atoms with Gasteiger partial charge in [0.2, 0.25) is 0 Å². The Morgan fingerprint density at radius 2 is 1.75 bits per heavy atom. The van der Waals surface area contributed by atoms with Gasteiger partial charge in [0, 0.05) is 18.0 Å². The summed E-state index contributed by atoms with van der Waals surface area (Å²) >= 11 is 0. The monoisotopic (exact) mass is 379 g/mol. The summed E-state index contributed by atoms with van der Waals surface area (Å²) < 4.78 is 10.4. The van der Waals surface area contributed by atoms with Gasteiger partial charge in [-0.25, -0.2) is 4.98 Å². The smallest absolute Gasteiger partial charge is 0.260 e. The van der Waals surface area contributed by atoms with Crippen LogP contribution in [0.15, 0.2) is 48.5 Å². The van der Waals surface area contributed by atoms with Gasteiger partial charge in [-0.1, -0.05) is 18.2 Å². The van der Waals surface area contributed by atoms with Crippen molar-refractivity contribution in [3.8, 4) is 11.5 Å². The van der Waals surface area contributed by atoms with Crippen LogP contribution in [0.25, 0.3) is 10.9 Å². The number of rotatable bonds is 6. The molecule has 0 radical (unpaired) electrons. The molecular formula is C21H21N3O4. The Morgan fingerprint density at radius 1 is 0.964 bits per heavy atom. The molecule has 2 amide bonds. The van der Waals surface area contributed by atoms with Gasteiger partial charge in [0.1, 0.15) is 17.3 Å². The molecular weight excluding hydrogens is 358 g/mol. The Kier molecular flexibility index (Phi) is 5.74. The minimum atomic E-state index is -0.399. The number of benzene rings is 2. The molecule has 0 aliphatic heterocycles. The summed E-state index contributed by atoms with van der Waals surface area (Å²) in [6, 6.07) is 13.8. The fraction of sp³-hybridized carbons (Fsp3) is 0.190. The summed E-state index contributed by atoms with van der Waals surface area (Å²) in [5, 5.41) is 6.25. The zero-order valence-electron chi connectivity index (χ0n) is 15.9. The predicted molar refractivity (Wildman–Crippen MR) is 107 cm³/mol. The quantitative estimate of drug-likeness (QED) is 0.686. The zero-order valence-corrected chi connectivity index (χ0v) is 15.9. The normalized spacial score (nSPS) is 10.4. The first-order valence-electron chi connectivity index (χ1n) is 8.78. The lowest BCUT2D eigenvalue weighted by Gasteiger charge is -2.12. The minimum Gasteiger partial charge on any atom is -0.497 e. The molecule has 28 heavy (non-hydrogen) atoms. The van der Waals surface area contributed by atoms with Crippen molar-refractivity contribution in [3.63, 3.8) is 0 Å². The number of hydrogen-bond acceptors (Lipinski definition) is 5. The van der Waals surface area contributed by atoms with Crippen LogP contribution in [-0.4, -0.2) is 37.6 Å². The molecule has 7 heteroatoms. The maximum absolute atomic E-state index is 12.8. The number of para-hydroxylation sites is 1. The first kappa shape index (κ1) is 19.2. The SMILES string of the molecule is CCNC(=O)c1cc(NC(=O)c2ccc(OC)cc2OC)nc2ccccc12. The fourth-order valence-corrected chi connectivity index (χ4v) is 2.85. The summed E-state index contributed by atoms with van der Waals surface area (Å²) in [7, 11) is 3.02. The number of carbonyl (C=O) groups is 2. The van der Waals surface area contributed by atoms with Gasteiger partial charge in [-0.05, 0) is 31.2 Å². The van der Waals surface area contributed by atoms with Crippen molar-refractivity contribution < 1.29 is 19.1 Å². The Bertz CT molecular complexity index is 1030. The zero-order chi connectivity index (χ0) is 20.1. The van der Waals surface area contributed by atoms with E-state index in [-0.39, 0.29) is 11.7 Å². The van der Waals surface area contributed by atoms with Gasteiger partial charge in [0.15, 0.2) is 0 Å². The van der Waals surface area contributed by atoms with E-state index in [0.717, 1.165) is 0 Å². The summed E-state index contributed by atoms with van der Waals surface area (Å²) in [6.07, 6.45) is 0. The lowest BCUT2D eigenvalue weighted by atomic mass is 10.1. The van der Waals surface area contributed by atoms with Gasteiger partial charge >= 0.3 is 0 Å². The van der Waals surface area contributed by atoms with Crippen molar-refractivity contribution in [2.24, 2.45) is 0 Å². The molecule has 0 atom stereocenters. The van der Waals surface area contributed by atoms with Gasteiger partial charge in [0.05, 0.1) is 30.9 Å². The number of nitrogens with zero attached hydrogens (tertiary/aromatic N) is 1. The van der Waals surface area contributed by atoms with Crippen molar-refractivity contribution in [3.05, 3.63) is 59.7 Å². The van der Waals surface area contributed by atoms with Gasteiger partial charge < -0.3 is 20.1 Å². The number of aromatic nitrogens is 1. The molecule has 3 aromatic rings. The molecule has 1 aromatic heterocycles. The van der Waals surface area contributed by atoms with Crippen LogP contribution in [-0.2, 0) is 0 Å². The highest BCUT2D eigenvalue weighted by molar-refractivity contribution is 6.10. The van der Waals surface area contributed by atoms with Crippen molar-refractivity contribution in [1.29, 1.82) is 0 Å². The Morgan fingerprint density at radius 3 is 2.46 bits per heavy atom. The van der Waals surface area contributed by atoms with Crippen molar-refractivity contribution in [2.45, 2.75) is 6.92 Å². The van der Waals surface area contributed by atoms with Crippen LogP contribution >= 0.6 is 0 Å². The van der Waals surface area contributed by atoms with E-state index >= 15 is 0 Å². The number of hydrogen-bond donors (Lipinski definition) is 2. The number of amides is 2. The lowest BCUT2D eigenvalue weighted by Crippen LogP contribution is -2.23. The number of methoxy groups -OCH3 is 2. The summed E-state index contributed by atoms with van der Waals surface area (Å²) in [5.74, 6) is 0.614. The summed E-state index contributed by atoms with van der Waals surface area (Å²) in [6.45, 7) is 2.35. The van der Waals surface area contributed by atoms with Crippen molar-refractivity contribution >= 4 is 28.5 Å². The molecule has 3 rings (SSSR count). The number of anilines is 1. The van der Waals surface area contributed by atoms with Crippen LogP contribution in [0.1, 0.15) is 27.6 Å². The standard InChI is InChI=1S/C21H21N3O4/c1-4-22-20(25)16-12-19(23-17-8-6-5-7-14(16)17)24-21(26)15-10-9-13(27-2)11-18(15)28-3/h5-12H,4H2,1-3H3,(H,22,25)(H,23,24,26). The first-order valence-corrected chi connectivity index (χ1v) is 8.78. The van der Waals surface area contributed by atoms with Crippen LogP contribution in [0.3, 0.4) is 0 Å². The molecule has 0 spiro atoms. The third-order valence-electron chi connectivity index (χ3n) is 4.19. The molecule has 0 unspecified atom stereocenters. The molecule has 0 bridgehead atoms. The second-order valence-corrected chi connectivity index (χ2v) is 5.95. The second-order valence-electron chi connectivity index (χ2n) is 5.95. The van der Waals surface area contributed by atoms with E-state index in [2.05, 4.69) is 15.6 Å². The molecule has 0 saturated heterocycles. The Balaban J connectivity index is 1.98. The van der Waals surface area contributed by atoms with E-state index in [0.29, 0.717) is 40.1 Å². The van der Waals surface area contributed by atoms with Crippen LogP contribution in [0, 0.1) is 0 Å². The highest BCUT2D eigenvalue weighted by atomic mass is 16.5. The topological polar surface area (TPSA) is 89.6 Å². The highest BCUT2D eigenvalue weighted by Crippen LogP contribution is 2.26. The van der Waals surface area contributed by atoms with Crippen molar-refractivity contribution in [1.82, 2.24) is 10.3 Å². The number of pyridine rings is 1. The molecule has 2 N–H and O–H groups in total. The van der Waals surface area contributed by atoms with Gasteiger partial charge in [-0.2, -0.15) is 0 Å². The van der Waals surface area contributed by atoms with E-state index < -0.39 is 5.91 Å². The van der Waals surface area contributed by atoms with Gasteiger partial charge in [-0.15, -0.1) is 0 Å². The molecule has 0 fully saturated rings. The van der Waals surface area contributed by atoms with E-state index in [4.69, 9.17) is 9.47 Å². The van der Waals surface area contributed by atoms with Crippen LogP contribution in [0.5, 0.6) is 11.5 Å². The van der Waals surface area contributed by atoms with Crippen LogP contribution in [0.2, 0.25) is 0 Å². The molecule has 0 aliphatic carbocycles. The van der Waals surface area contributed by atoms with E-state index in [1.165, 1.54) is 14.2 Å². The summed E-state index contributed by atoms with van der Waals surface area (Å²) in [4.78, 5) is 29.7. The summed E-state index contributed by atoms with van der Waals surface area (Å²) in [5.41, 5.74) is 1.39. The molecule has 2 aromatic carbocycles. The highest BCUT2D eigenvalue weighted by Gasteiger charge is 2.17. The molecule has 0 aliphatic rings. The minimum absolute atomic E-state index is 0.223. The average Bonchev–Trinajstić information content (AvgIpc) is 2.72. The fourth-order valence-electron chi connectivity index (χ4n) is 2.85. The number of ether oxygens (including phenoxy) is 2. The van der Waals surface area contributed by atoms with Crippen molar-refractivity contribution in [2.75, 3.05) is 26.1 Å². The third kappa shape index (κ3) is 3.88. The molecule has 1 heterocycles. The maximum atomic E-state index is 12.8. The van der Waals surface area contributed by atoms with E-state index in [1.54, 1.807) is 30.3 Å². The number of carbonyl (C=O) groups excluding carboxylic acids is 2. The Hall–Kier alpha value is -3.61. The Labute approximate surface area is 162 Å². The number of fused-ring (bicyclic) bond motifs is 1. The van der Waals surface area contributed by atoms with E-state index in [9.17, 15) is 9.59 Å². The first-order chi connectivity index (χ1) is 13.6. The van der Waals surface area contributed by atoms with E-state index in [1.807, 2.05) is 25.1 Å². The second kappa shape index (κ2) is 8.39.